The Kier molecular flexibility index (Phi) is 7.65. The van der Waals surface area contributed by atoms with Crippen LogP contribution in [0.25, 0.3) is 10.9 Å². The lowest BCUT2D eigenvalue weighted by Crippen LogP contribution is -2.43. The summed E-state index contributed by atoms with van der Waals surface area (Å²) < 4.78 is 13.3. The van der Waals surface area contributed by atoms with Crippen molar-refractivity contribution in [2.45, 2.75) is 77.5 Å². The van der Waals surface area contributed by atoms with Crippen LogP contribution in [-0.2, 0) is 25.6 Å². The quantitative estimate of drug-likeness (QED) is 0.517. The number of imide groups is 1. The Morgan fingerprint density at radius 3 is 2.61 bits per heavy atom. The fourth-order valence-corrected chi connectivity index (χ4v) is 4.63. The van der Waals surface area contributed by atoms with E-state index in [-0.39, 0.29) is 30.6 Å². The SMILES string of the molecule is CCn1nc(C2CCC(=O)NC2=O)c2cccc(C#CCOC3CCN(C(=O)OC(C)(C)C)CC3)c21. The van der Waals surface area contributed by atoms with Gasteiger partial charge < -0.3 is 14.4 Å². The molecule has 9 nitrogen and oxygen atoms in total. The number of rotatable bonds is 4. The number of carbonyl (C=O) groups is 3. The number of amides is 3. The molecule has 2 aliphatic rings. The molecular weight excluding hydrogens is 460 g/mol. The molecule has 3 heterocycles. The molecule has 9 heteroatoms. The molecule has 0 spiro atoms. The van der Waals surface area contributed by atoms with E-state index in [1.165, 1.54) is 0 Å². The maximum atomic E-state index is 12.5. The highest BCUT2D eigenvalue weighted by atomic mass is 16.6. The second-order valence-corrected chi connectivity index (χ2v) is 10.2. The summed E-state index contributed by atoms with van der Waals surface area (Å²) in [7, 11) is 0. The number of para-hydroxylation sites is 1. The van der Waals surface area contributed by atoms with E-state index >= 15 is 0 Å². The number of piperidine rings is 2. The number of carbonyl (C=O) groups excluding carboxylic acids is 3. The summed E-state index contributed by atoms with van der Waals surface area (Å²) in [4.78, 5) is 38.0. The van der Waals surface area contributed by atoms with Crippen molar-refractivity contribution in [2.75, 3.05) is 19.7 Å². The smallest absolute Gasteiger partial charge is 0.410 e. The number of nitrogens with one attached hydrogen (secondary N) is 1. The van der Waals surface area contributed by atoms with Crippen LogP contribution in [0.4, 0.5) is 4.79 Å². The Labute approximate surface area is 211 Å². The average molecular weight is 495 g/mol. The van der Waals surface area contributed by atoms with E-state index in [4.69, 9.17) is 14.6 Å². The van der Waals surface area contributed by atoms with Gasteiger partial charge in [0.05, 0.1) is 28.8 Å². The molecule has 1 N–H and O–H groups in total. The highest BCUT2D eigenvalue weighted by Gasteiger charge is 2.32. The zero-order valence-electron chi connectivity index (χ0n) is 21.4. The summed E-state index contributed by atoms with van der Waals surface area (Å²) in [6, 6.07) is 5.81. The first-order valence-corrected chi connectivity index (χ1v) is 12.6. The van der Waals surface area contributed by atoms with Gasteiger partial charge >= 0.3 is 6.09 Å². The molecule has 1 aromatic heterocycles. The standard InChI is InChI=1S/C27H34N4O5/c1-5-31-24-18(8-6-10-20(24)23(29-31)21-11-12-22(32)28-25(21)33)9-7-17-35-19-13-15-30(16-14-19)26(34)36-27(2,3)4/h6,8,10,19,21H,5,11-17H2,1-4H3,(H,28,32,33). The molecule has 0 radical (unpaired) electrons. The van der Waals surface area contributed by atoms with Crippen LogP contribution in [0, 0.1) is 11.8 Å². The number of benzene rings is 1. The molecule has 2 aromatic rings. The van der Waals surface area contributed by atoms with Crippen LogP contribution in [0.15, 0.2) is 18.2 Å². The third kappa shape index (κ3) is 5.88. The number of nitrogens with zero attached hydrogens (tertiary/aromatic N) is 3. The lowest BCUT2D eigenvalue weighted by molar-refractivity contribution is -0.134. The van der Waals surface area contributed by atoms with E-state index in [0.717, 1.165) is 29.3 Å². The maximum absolute atomic E-state index is 12.5. The highest BCUT2D eigenvalue weighted by molar-refractivity contribution is 6.02. The average Bonchev–Trinajstić information content (AvgIpc) is 3.20. The number of aromatic nitrogens is 2. The molecule has 0 saturated carbocycles. The van der Waals surface area contributed by atoms with E-state index in [1.807, 2.05) is 50.6 Å². The van der Waals surface area contributed by atoms with Crippen LogP contribution in [0.3, 0.4) is 0 Å². The molecule has 4 rings (SSSR count). The molecule has 1 aromatic carbocycles. The van der Waals surface area contributed by atoms with Gasteiger partial charge in [-0.05, 0) is 53.0 Å². The minimum atomic E-state index is -0.501. The summed E-state index contributed by atoms with van der Waals surface area (Å²) >= 11 is 0. The van der Waals surface area contributed by atoms with Crippen LogP contribution in [-0.4, -0.2) is 64.0 Å². The van der Waals surface area contributed by atoms with Crippen LogP contribution >= 0.6 is 0 Å². The van der Waals surface area contributed by atoms with Gasteiger partial charge in [-0.25, -0.2) is 4.79 Å². The van der Waals surface area contributed by atoms with Crippen molar-refractivity contribution < 1.29 is 23.9 Å². The molecule has 2 aliphatic heterocycles. The Morgan fingerprint density at radius 1 is 1.19 bits per heavy atom. The number of hydrogen-bond donors (Lipinski definition) is 1. The van der Waals surface area contributed by atoms with Gasteiger partial charge in [0.1, 0.15) is 12.2 Å². The number of aryl methyl sites for hydroxylation is 1. The first-order valence-electron chi connectivity index (χ1n) is 12.6. The number of ether oxygens (including phenoxy) is 2. The van der Waals surface area contributed by atoms with E-state index in [9.17, 15) is 14.4 Å². The van der Waals surface area contributed by atoms with Crippen LogP contribution in [0.2, 0.25) is 0 Å². The maximum Gasteiger partial charge on any atom is 0.410 e. The van der Waals surface area contributed by atoms with E-state index < -0.39 is 11.5 Å². The van der Waals surface area contributed by atoms with Gasteiger partial charge in [-0.2, -0.15) is 5.10 Å². The Bertz CT molecular complexity index is 1210. The van der Waals surface area contributed by atoms with Crippen LogP contribution in [0.5, 0.6) is 0 Å². The summed E-state index contributed by atoms with van der Waals surface area (Å²) in [6.07, 6.45) is 2.02. The fraction of sp³-hybridized carbons (Fsp3) is 0.556. The summed E-state index contributed by atoms with van der Waals surface area (Å²) in [5.41, 5.74) is 1.90. The van der Waals surface area contributed by atoms with Gasteiger partial charge in [0.2, 0.25) is 11.8 Å². The van der Waals surface area contributed by atoms with Crippen molar-refractivity contribution in [1.82, 2.24) is 20.0 Å². The monoisotopic (exact) mass is 494 g/mol. The summed E-state index contributed by atoms with van der Waals surface area (Å²) in [6.45, 7) is 9.71. The summed E-state index contributed by atoms with van der Waals surface area (Å²) in [5, 5.41) is 8.02. The normalized spacial score (nSPS) is 19.1. The zero-order chi connectivity index (χ0) is 25.9. The lowest BCUT2D eigenvalue weighted by Gasteiger charge is -2.33. The van der Waals surface area contributed by atoms with Crippen molar-refractivity contribution >= 4 is 28.8 Å². The molecule has 2 saturated heterocycles. The van der Waals surface area contributed by atoms with Crippen LogP contribution in [0.1, 0.15) is 70.6 Å². The third-order valence-electron chi connectivity index (χ3n) is 6.38. The molecule has 36 heavy (non-hydrogen) atoms. The van der Waals surface area contributed by atoms with E-state index in [2.05, 4.69) is 17.2 Å². The number of fused-ring (bicyclic) bond motifs is 1. The minimum Gasteiger partial charge on any atom is -0.444 e. The Hall–Kier alpha value is -3.38. The van der Waals surface area contributed by atoms with Gasteiger partial charge in [-0.15, -0.1) is 0 Å². The van der Waals surface area contributed by atoms with Crippen molar-refractivity contribution in [2.24, 2.45) is 0 Å². The molecule has 1 atom stereocenters. The van der Waals surface area contributed by atoms with Crippen LogP contribution < -0.4 is 5.32 Å². The highest BCUT2D eigenvalue weighted by Crippen LogP contribution is 2.31. The van der Waals surface area contributed by atoms with Crippen molar-refractivity contribution in [1.29, 1.82) is 0 Å². The second kappa shape index (κ2) is 10.7. The minimum absolute atomic E-state index is 0.0501. The Balaban J connectivity index is 1.40. The molecular formula is C27H34N4O5. The van der Waals surface area contributed by atoms with Gasteiger partial charge in [0.25, 0.3) is 0 Å². The molecule has 2 fully saturated rings. The Morgan fingerprint density at radius 2 is 1.94 bits per heavy atom. The molecule has 3 amide bonds. The van der Waals surface area contributed by atoms with Gasteiger partial charge in [-0.1, -0.05) is 24.0 Å². The van der Waals surface area contributed by atoms with E-state index in [0.29, 0.717) is 38.2 Å². The van der Waals surface area contributed by atoms with Gasteiger partial charge in [-0.3, -0.25) is 19.6 Å². The van der Waals surface area contributed by atoms with Gasteiger partial charge in [0.15, 0.2) is 0 Å². The lowest BCUT2D eigenvalue weighted by atomic mass is 9.92. The predicted octanol–water partition coefficient (Wildman–Crippen LogP) is 3.34. The molecule has 1 unspecified atom stereocenters. The van der Waals surface area contributed by atoms with E-state index in [1.54, 1.807) is 4.90 Å². The largest absolute Gasteiger partial charge is 0.444 e. The van der Waals surface area contributed by atoms with Crippen molar-refractivity contribution in [3.63, 3.8) is 0 Å². The third-order valence-corrected chi connectivity index (χ3v) is 6.38. The summed E-state index contributed by atoms with van der Waals surface area (Å²) in [5.74, 6) is 5.35. The number of hydrogen-bond acceptors (Lipinski definition) is 6. The fourth-order valence-electron chi connectivity index (χ4n) is 4.63. The second-order valence-electron chi connectivity index (χ2n) is 10.2. The molecule has 0 bridgehead atoms. The zero-order valence-corrected chi connectivity index (χ0v) is 21.4. The van der Waals surface area contributed by atoms with Crippen molar-refractivity contribution in [3.8, 4) is 11.8 Å². The van der Waals surface area contributed by atoms with Gasteiger partial charge in [0, 0.05) is 31.4 Å². The predicted molar refractivity (Wildman–Crippen MR) is 134 cm³/mol. The molecule has 192 valence electrons. The molecule has 0 aliphatic carbocycles. The topological polar surface area (TPSA) is 103 Å². The number of likely N-dealkylation sites (tertiary alicyclic amines) is 1. The first-order chi connectivity index (χ1) is 17.2. The first kappa shape index (κ1) is 25.7. The van der Waals surface area contributed by atoms with Crippen molar-refractivity contribution in [3.05, 3.63) is 29.5 Å².